The molecule has 1 aromatic heterocycles. The minimum Gasteiger partial charge on any atom is -0.292 e. The maximum atomic E-state index is 11.4. The summed E-state index contributed by atoms with van der Waals surface area (Å²) in [5, 5.41) is 0. The van der Waals surface area contributed by atoms with Gasteiger partial charge in [0.1, 0.15) is 5.69 Å². The van der Waals surface area contributed by atoms with Gasteiger partial charge in [0.05, 0.1) is 0 Å². The third kappa shape index (κ3) is 2.14. The Hall–Kier alpha value is -0.700. The maximum absolute atomic E-state index is 11.4. The molecule has 0 radical (unpaired) electrons. The van der Waals surface area contributed by atoms with Gasteiger partial charge in [0.25, 0.3) is 0 Å². The number of nitrogens with zero attached hydrogens (tertiary/aromatic N) is 1. The Morgan fingerprint density at radius 3 is 3.00 bits per heavy atom. The molecular formula is C9H10BrNO. The molecule has 64 valence electrons. The maximum Gasteiger partial charge on any atom is 0.182 e. The first-order chi connectivity index (χ1) is 5.75. The Balaban J connectivity index is 2.87. The van der Waals surface area contributed by atoms with Gasteiger partial charge in [0.2, 0.25) is 0 Å². The first-order valence-corrected chi connectivity index (χ1v) is 4.68. The van der Waals surface area contributed by atoms with Crippen molar-refractivity contribution in [2.24, 2.45) is 0 Å². The van der Waals surface area contributed by atoms with Gasteiger partial charge < -0.3 is 0 Å². The first kappa shape index (κ1) is 9.39. The van der Waals surface area contributed by atoms with Crippen molar-refractivity contribution in [1.29, 1.82) is 0 Å². The van der Waals surface area contributed by atoms with Crippen LogP contribution in [0.5, 0.6) is 0 Å². The lowest BCUT2D eigenvalue weighted by molar-refractivity contribution is 0.0976. The molecule has 0 aliphatic carbocycles. The molecule has 0 atom stereocenters. The normalized spacial score (nSPS) is 9.83. The molecule has 0 amide bonds. The number of carbonyl (C=O) groups excluding carboxylic acids is 1. The van der Waals surface area contributed by atoms with E-state index in [-0.39, 0.29) is 5.78 Å². The zero-order chi connectivity index (χ0) is 8.97. The van der Waals surface area contributed by atoms with Gasteiger partial charge in [-0.05, 0) is 34.5 Å². The second kappa shape index (κ2) is 4.36. The lowest BCUT2D eigenvalue weighted by Gasteiger charge is -1.99. The number of ketones is 1. The van der Waals surface area contributed by atoms with Crippen LogP contribution >= 0.6 is 15.9 Å². The van der Waals surface area contributed by atoms with Crippen molar-refractivity contribution < 1.29 is 4.79 Å². The van der Waals surface area contributed by atoms with Crippen LogP contribution in [0.25, 0.3) is 0 Å². The van der Waals surface area contributed by atoms with Gasteiger partial charge in [-0.2, -0.15) is 0 Å². The monoisotopic (exact) mass is 227 g/mol. The molecule has 0 aliphatic rings. The molecule has 0 saturated carbocycles. The SMILES string of the molecule is CCCC(=O)c1ncccc1Br. The number of aromatic nitrogens is 1. The van der Waals surface area contributed by atoms with Gasteiger partial charge >= 0.3 is 0 Å². The molecule has 0 saturated heterocycles. The molecule has 0 fully saturated rings. The van der Waals surface area contributed by atoms with Crippen molar-refractivity contribution in [1.82, 2.24) is 4.98 Å². The van der Waals surface area contributed by atoms with E-state index in [9.17, 15) is 4.79 Å². The summed E-state index contributed by atoms with van der Waals surface area (Å²) in [6.45, 7) is 1.98. The summed E-state index contributed by atoms with van der Waals surface area (Å²) in [6, 6.07) is 3.63. The summed E-state index contributed by atoms with van der Waals surface area (Å²) in [4.78, 5) is 15.4. The van der Waals surface area contributed by atoms with E-state index in [0.29, 0.717) is 12.1 Å². The van der Waals surface area contributed by atoms with Crippen molar-refractivity contribution >= 4 is 21.7 Å². The van der Waals surface area contributed by atoms with Crippen molar-refractivity contribution in [3.63, 3.8) is 0 Å². The number of hydrogen-bond donors (Lipinski definition) is 0. The van der Waals surface area contributed by atoms with Crippen molar-refractivity contribution in [2.45, 2.75) is 19.8 Å². The Morgan fingerprint density at radius 1 is 1.67 bits per heavy atom. The van der Waals surface area contributed by atoms with Crippen molar-refractivity contribution in [2.75, 3.05) is 0 Å². The van der Waals surface area contributed by atoms with Crippen LogP contribution in [0.3, 0.4) is 0 Å². The summed E-state index contributed by atoms with van der Waals surface area (Å²) >= 11 is 3.28. The summed E-state index contributed by atoms with van der Waals surface area (Å²) in [5.74, 6) is 0.102. The predicted octanol–water partition coefficient (Wildman–Crippen LogP) is 2.83. The fraction of sp³-hybridized carbons (Fsp3) is 0.333. The number of hydrogen-bond acceptors (Lipinski definition) is 2. The highest BCUT2D eigenvalue weighted by Crippen LogP contribution is 2.15. The summed E-state index contributed by atoms with van der Waals surface area (Å²) in [6.07, 6.45) is 3.06. The molecule has 0 unspecified atom stereocenters. The molecular weight excluding hydrogens is 218 g/mol. The predicted molar refractivity (Wildman–Crippen MR) is 51.2 cm³/mol. The van der Waals surface area contributed by atoms with Crippen LogP contribution in [0, 0.1) is 0 Å². The standard InChI is InChI=1S/C9H10BrNO/c1-2-4-8(12)9-7(10)5-3-6-11-9/h3,5-6H,2,4H2,1H3. The van der Waals surface area contributed by atoms with E-state index in [4.69, 9.17) is 0 Å². The molecule has 1 aromatic rings. The van der Waals surface area contributed by atoms with E-state index in [0.717, 1.165) is 10.9 Å². The Kier molecular flexibility index (Phi) is 3.41. The first-order valence-electron chi connectivity index (χ1n) is 3.89. The third-order valence-corrected chi connectivity index (χ3v) is 2.14. The van der Waals surface area contributed by atoms with E-state index in [2.05, 4.69) is 20.9 Å². The number of carbonyl (C=O) groups is 1. The number of rotatable bonds is 3. The highest BCUT2D eigenvalue weighted by molar-refractivity contribution is 9.10. The van der Waals surface area contributed by atoms with Gasteiger partial charge in [-0.3, -0.25) is 9.78 Å². The molecule has 3 heteroatoms. The van der Waals surface area contributed by atoms with Crippen LogP contribution in [0.2, 0.25) is 0 Å². The average molecular weight is 228 g/mol. The molecule has 0 aromatic carbocycles. The van der Waals surface area contributed by atoms with Gasteiger partial charge in [-0.1, -0.05) is 6.92 Å². The minimum atomic E-state index is 0.102. The average Bonchev–Trinajstić information content (AvgIpc) is 2.05. The molecule has 0 N–H and O–H groups in total. The largest absolute Gasteiger partial charge is 0.292 e. The molecule has 0 spiro atoms. The number of Topliss-reactive ketones (excluding diaryl/α,β-unsaturated/α-hetero) is 1. The fourth-order valence-corrected chi connectivity index (χ4v) is 1.41. The van der Waals surface area contributed by atoms with Gasteiger partial charge in [-0.25, -0.2) is 0 Å². The fourth-order valence-electron chi connectivity index (χ4n) is 0.936. The van der Waals surface area contributed by atoms with Crippen LogP contribution in [-0.2, 0) is 0 Å². The number of pyridine rings is 1. The topological polar surface area (TPSA) is 30.0 Å². The Labute approximate surface area is 80.1 Å². The third-order valence-electron chi connectivity index (χ3n) is 1.50. The van der Waals surface area contributed by atoms with E-state index in [1.165, 1.54) is 0 Å². The quantitative estimate of drug-likeness (QED) is 0.744. The van der Waals surface area contributed by atoms with E-state index in [1.807, 2.05) is 13.0 Å². The van der Waals surface area contributed by atoms with Gasteiger partial charge in [-0.15, -0.1) is 0 Å². The number of halogens is 1. The van der Waals surface area contributed by atoms with Gasteiger partial charge in [0, 0.05) is 17.1 Å². The van der Waals surface area contributed by atoms with Crippen LogP contribution in [-0.4, -0.2) is 10.8 Å². The molecule has 1 rings (SSSR count). The van der Waals surface area contributed by atoms with Crippen LogP contribution < -0.4 is 0 Å². The summed E-state index contributed by atoms with van der Waals surface area (Å²) in [5.41, 5.74) is 0.541. The van der Waals surface area contributed by atoms with Gasteiger partial charge in [0.15, 0.2) is 5.78 Å². The minimum absolute atomic E-state index is 0.102. The zero-order valence-electron chi connectivity index (χ0n) is 6.88. The highest BCUT2D eigenvalue weighted by atomic mass is 79.9. The molecule has 2 nitrogen and oxygen atoms in total. The molecule has 0 bridgehead atoms. The molecule has 1 heterocycles. The second-order valence-corrected chi connectivity index (χ2v) is 3.36. The van der Waals surface area contributed by atoms with Crippen molar-refractivity contribution in [3.8, 4) is 0 Å². The van der Waals surface area contributed by atoms with Crippen LogP contribution in [0.15, 0.2) is 22.8 Å². The molecule has 12 heavy (non-hydrogen) atoms. The highest BCUT2D eigenvalue weighted by Gasteiger charge is 2.08. The van der Waals surface area contributed by atoms with Crippen molar-refractivity contribution in [3.05, 3.63) is 28.5 Å². The summed E-state index contributed by atoms with van der Waals surface area (Å²) in [7, 11) is 0. The zero-order valence-corrected chi connectivity index (χ0v) is 8.47. The van der Waals surface area contributed by atoms with E-state index in [1.54, 1.807) is 12.3 Å². The lowest BCUT2D eigenvalue weighted by atomic mass is 10.2. The van der Waals surface area contributed by atoms with E-state index < -0.39 is 0 Å². The summed E-state index contributed by atoms with van der Waals surface area (Å²) < 4.78 is 0.781. The smallest absolute Gasteiger partial charge is 0.182 e. The van der Waals surface area contributed by atoms with E-state index >= 15 is 0 Å². The molecule has 0 aliphatic heterocycles. The van der Waals surface area contributed by atoms with Crippen LogP contribution in [0.1, 0.15) is 30.3 Å². The lowest BCUT2D eigenvalue weighted by Crippen LogP contribution is -2.01. The Bertz CT molecular complexity index is 286. The second-order valence-electron chi connectivity index (χ2n) is 2.51. The van der Waals surface area contributed by atoms with Crippen LogP contribution in [0.4, 0.5) is 0 Å². The Morgan fingerprint density at radius 2 is 2.42 bits per heavy atom.